The van der Waals surface area contributed by atoms with Gasteiger partial charge in [0.1, 0.15) is 5.75 Å². The smallest absolute Gasteiger partial charge is 0.238 e. The third kappa shape index (κ3) is 4.86. The van der Waals surface area contributed by atoms with Crippen molar-refractivity contribution in [2.75, 3.05) is 25.5 Å². The molecule has 2 rings (SSSR count). The summed E-state index contributed by atoms with van der Waals surface area (Å²) >= 11 is 1.53. The largest absolute Gasteiger partial charge is 0.497 e. The molecule has 0 saturated heterocycles. The fraction of sp³-hybridized carbons (Fsp3) is 0.267. The molecule has 0 radical (unpaired) electrons. The second-order valence-corrected chi connectivity index (χ2v) is 5.26. The number of amides is 1. The average Bonchev–Trinajstić information content (AvgIpc) is 3.01. The molecule has 1 unspecified atom stereocenters. The van der Waals surface area contributed by atoms with E-state index in [2.05, 4.69) is 10.6 Å². The number of thiophene rings is 1. The average molecular weight is 306 g/mol. The topological polar surface area (TPSA) is 70.6 Å². The van der Waals surface area contributed by atoms with E-state index in [1.807, 2.05) is 29.0 Å². The van der Waals surface area contributed by atoms with Crippen LogP contribution in [0.1, 0.15) is 11.7 Å². The second-order valence-electron chi connectivity index (χ2n) is 4.48. The van der Waals surface area contributed by atoms with E-state index in [-0.39, 0.29) is 12.5 Å². The van der Waals surface area contributed by atoms with Crippen LogP contribution in [0.15, 0.2) is 41.1 Å². The molecule has 112 valence electrons. The predicted octanol–water partition coefficient (Wildman–Crippen LogP) is 2.02. The third-order valence-electron chi connectivity index (χ3n) is 2.90. The first-order chi connectivity index (χ1) is 10.2. The van der Waals surface area contributed by atoms with E-state index < -0.39 is 6.10 Å². The summed E-state index contributed by atoms with van der Waals surface area (Å²) in [5.41, 5.74) is 1.54. The maximum atomic E-state index is 11.8. The molecule has 0 spiro atoms. The van der Waals surface area contributed by atoms with Crippen LogP contribution in [0, 0.1) is 0 Å². The Morgan fingerprint density at radius 1 is 1.43 bits per heavy atom. The highest BCUT2D eigenvalue weighted by molar-refractivity contribution is 7.07. The molecule has 1 heterocycles. The van der Waals surface area contributed by atoms with Crippen molar-refractivity contribution >= 4 is 22.9 Å². The van der Waals surface area contributed by atoms with Crippen molar-refractivity contribution in [1.82, 2.24) is 5.32 Å². The van der Waals surface area contributed by atoms with Gasteiger partial charge in [-0.05, 0) is 34.5 Å². The Morgan fingerprint density at radius 2 is 2.29 bits per heavy atom. The Morgan fingerprint density at radius 3 is 3.00 bits per heavy atom. The zero-order chi connectivity index (χ0) is 15.1. The van der Waals surface area contributed by atoms with Gasteiger partial charge in [0.25, 0.3) is 0 Å². The molecule has 0 aliphatic rings. The molecule has 0 fully saturated rings. The molecule has 1 amide bonds. The van der Waals surface area contributed by atoms with Crippen LogP contribution in [-0.4, -0.2) is 31.2 Å². The molecule has 0 aliphatic carbocycles. The minimum atomic E-state index is -0.596. The summed E-state index contributed by atoms with van der Waals surface area (Å²) in [7, 11) is 1.58. The molecule has 6 heteroatoms. The van der Waals surface area contributed by atoms with Gasteiger partial charge in [0.15, 0.2) is 0 Å². The van der Waals surface area contributed by atoms with E-state index in [1.54, 1.807) is 19.2 Å². The molecular weight excluding hydrogens is 288 g/mol. The summed E-state index contributed by atoms with van der Waals surface area (Å²) in [5.74, 6) is 0.523. The van der Waals surface area contributed by atoms with Crippen molar-refractivity contribution in [3.63, 3.8) is 0 Å². The molecule has 1 aromatic carbocycles. The molecule has 21 heavy (non-hydrogen) atoms. The number of anilines is 1. The Hall–Kier alpha value is -1.89. The number of methoxy groups -OCH3 is 1. The van der Waals surface area contributed by atoms with Crippen LogP contribution in [0.5, 0.6) is 5.75 Å². The van der Waals surface area contributed by atoms with E-state index in [4.69, 9.17) is 4.74 Å². The van der Waals surface area contributed by atoms with Gasteiger partial charge in [0.05, 0.1) is 19.8 Å². The lowest BCUT2D eigenvalue weighted by Gasteiger charge is -2.11. The van der Waals surface area contributed by atoms with Crippen LogP contribution in [0.2, 0.25) is 0 Å². The molecule has 2 aromatic rings. The van der Waals surface area contributed by atoms with Crippen LogP contribution >= 0.6 is 11.3 Å². The van der Waals surface area contributed by atoms with Crippen molar-refractivity contribution in [3.8, 4) is 5.75 Å². The Bertz CT molecular complexity index is 572. The van der Waals surface area contributed by atoms with E-state index in [0.29, 0.717) is 18.0 Å². The molecule has 0 saturated carbocycles. The number of carbonyl (C=O) groups excluding carboxylic acids is 1. The molecule has 0 bridgehead atoms. The van der Waals surface area contributed by atoms with Gasteiger partial charge in [-0.3, -0.25) is 4.79 Å². The van der Waals surface area contributed by atoms with Crippen molar-refractivity contribution in [3.05, 3.63) is 46.7 Å². The zero-order valence-corrected chi connectivity index (χ0v) is 12.5. The summed E-state index contributed by atoms with van der Waals surface area (Å²) in [6.45, 7) is 0.473. The summed E-state index contributed by atoms with van der Waals surface area (Å²) in [4.78, 5) is 11.8. The minimum Gasteiger partial charge on any atom is -0.497 e. The van der Waals surface area contributed by atoms with E-state index in [9.17, 15) is 9.90 Å². The van der Waals surface area contributed by atoms with Gasteiger partial charge in [0, 0.05) is 18.3 Å². The highest BCUT2D eigenvalue weighted by Gasteiger charge is 2.08. The van der Waals surface area contributed by atoms with Crippen molar-refractivity contribution < 1.29 is 14.6 Å². The van der Waals surface area contributed by atoms with Crippen LogP contribution < -0.4 is 15.4 Å². The summed E-state index contributed by atoms with van der Waals surface area (Å²) < 4.78 is 5.09. The fourth-order valence-corrected chi connectivity index (χ4v) is 2.52. The number of rotatable bonds is 7. The summed E-state index contributed by atoms with van der Waals surface area (Å²) in [6.07, 6.45) is -0.596. The standard InChI is InChI=1S/C15H18N2O3S/c1-20-13-4-2-3-12(7-13)17-15(19)9-16-8-14(18)11-5-6-21-10-11/h2-7,10,14,16,18H,8-9H2,1H3,(H,17,19). The van der Waals surface area contributed by atoms with Gasteiger partial charge in [-0.2, -0.15) is 11.3 Å². The molecule has 1 atom stereocenters. The van der Waals surface area contributed by atoms with Gasteiger partial charge < -0.3 is 20.5 Å². The van der Waals surface area contributed by atoms with E-state index in [0.717, 1.165) is 5.56 Å². The number of hydrogen-bond donors (Lipinski definition) is 3. The lowest BCUT2D eigenvalue weighted by Crippen LogP contribution is -2.31. The number of carbonyl (C=O) groups is 1. The quantitative estimate of drug-likeness (QED) is 0.732. The molecule has 3 N–H and O–H groups in total. The molecule has 1 aromatic heterocycles. The van der Waals surface area contributed by atoms with Crippen molar-refractivity contribution in [1.29, 1.82) is 0 Å². The van der Waals surface area contributed by atoms with Gasteiger partial charge in [-0.1, -0.05) is 6.07 Å². The monoisotopic (exact) mass is 306 g/mol. The number of ether oxygens (including phenoxy) is 1. The van der Waals surface area contributed by atoms with Crippen LogP contribution in [-0.2, 0) is 4.79 Å². The highest BCUT2D eigenvalue weighted by atomic mass is 32.1. The zero-order valence-electron chi connectivity index (χ0n) is 11.7. The van der Waals surface area contributed by atoms with Crippen molar-refractivity contribution in [2.45, 2.75) is 6.10 Å². The van der Waals surface area contributed by atoms with Gasteiger partial charge >= 0.3 is 0 Å². The number of aliphatic hydroxyl groups is 1. The number of hydrogen-bond acceptors (Lipinski definition) is 5. The maximum absolute atomic E-state index is 11.8. The lowest BCUT2D eigenvalue weighted by molar-refractivity contribution is -0.115. The Balaban J connectivity index is 1.74. The lowest BCUT2D eigenvalue weighted by atomic mass is 10.2. The molecule has 5 nitrogen and oxygen atoms in total. The first kappa shape index (κ1) is 15.5. The van der Waals surface area contributed by atoms with Crippen LogP contribution in [0.25, 0.3) is 0 Å². The number of nitrogens with one attached hydrogen (secondary N) is 2. The SMILES string of the molecule is COc1cccc(NC(=O)CNCC(O)c2ccsc2)c1. The minimum absolute atomic E-state index is 0.137. The van der Waals surface area contributed by atoms with Crippen molar-refractivity contribution in [2.24, 2.45) is 0 Å². The number of aliphatic hydroxyl groups excluding tert-OH is 1. The highest BCUT2D eigenvalue weighted by Crippen LogP contribution is 2.17. The van der Waals surface area contributed by atoms with Gasteiger partial charge in [-0.25, -0.2) is 0 Å². The molecular formula is C15H18N2O3S. The Labute approximate surface area is 127 Å². The fourth-order valence-electron chi connectivity index (χ4n) is 1.81. The van der Waals surface area contributed by atoms with Gasteiger partial charge in [-0.15, -0.1) is 0 Å². The van der Waals surface area contributed by atoms with E-state index in [1.165, 1.54) is 11.3 Å². The Kier molecular flexibility index (Phi) is 5.74. The van der Waals surface area contributed by atoms with Crippen LogP contribution in [0.3, 0.4) is 0 Å². The predicted molar refractivity (Wildman–Crippen MR) is 83.8 cm³/mol. The summed E-state index contributed by atoms with van der Waals surface area (Å²) in [5, 5.41) is 19.4. The summed E-state index contributed by atoms with van der Waals surface area (Å²) in [6, 6.07) is 9.03. The van der Waals surface area contributed by atoms with Crippen LogP contribution in [0.4, 0.5) is 5.69 Å². The third-order valence-corrected chi connectivity index (χ3v) is 3.61. The van der Waals surface area contributed by atoms with E-state index >= 15 is 0 Å². The first-order valence-electron chi connectivity index (χ1n) is 6.54. The van der Waals surface area contributed by atoms with Gasteiger partial charge in [0.2, 0.25) is 5.91 Å². The maximum Gasteiger partial charge on any atom is 0.238 e. The second kappa shape index (κ2) is 7.78. The number of benzene rings is 1. The normalized spacial score (nSPS) is 11.9. The first-order valence-corrected chi connectivity index (χ1v) is 7.48. The molecule has 0 aliphatic heterocycles.